The van der Waals surface area contributed by atoms with Crippen LogP contribution in [0.2, 0.25) is 0 Å². The van der Waals surface area contributed by atoms with Gasteiger partial charge in [0.15, 0.2) is 0 Å². The molecule has 0 radical (unpaired) electrons. The molecule has 1 aromatic heterocycles. The summed E-state index contributed by atoms with van der Waals surface area (Å²) in [5.41, 5.74) is 3.38. The number of rotatable bonds is 9. The van der Waals surface area contributed by atoms with Gasteiger partial charge in [-0.25, -0.2) is 9.97 Å². The second-order valence-electron chi connectivity index (χ2n) is 6.73. The third-order valence-corrected chi connectivity index (χ3v) is 4.74. The highest BCUT2D eigenvalue weighted by atomic mass is 16.5. The lowest BCUT2D eigenvalue weighted by Crippen LogP contribution is -2.21. The average molecular weight is 392 g/mol. The third-order valence-electron chi connectivity index (χ3n) is 4.74. The highest BCUT2D eigenvalue weighted by Gasteiger charge is 2.05. The summed E-state index contributed by atoms with van der Waals surface area (Å²) in [6.07, 6.45) is 0. The Hall–Kier alpha value is -3.28. The Morgan fingerprint density at radius 3 is 2.17 bits per heavy atom. The molecule has 0 bridgehead atoms. The molecule has 0 aliphatic rings. The van der Waals surface area contributed by atoms with E-state index in [0.29, 0.717) is 12.4 Å². The molecule has 0 unspecified atom stereocenters. The first-order valence-electron chi connectivity index (χ1n) is 9.95. The Morgan fingerprint density at radius 2 is 1.55 bits per heavy atom. The summed E-state index contributed by atoms with van der Waals surface area (Å²) in [7, 11) is 1.67. The maximum absolute atomic E-state index is 5.20. The SMILES string of the molecule is CCN(CC)c1ccc(Nc2cc(NCc3ccc(OC)cc3)nc(C)n2)cc1. The first-order valence-corrected chi connectivity index (χ1v) is 9.95. The van der Waals surface area contributed by atoms with Crippen LogP contribution < -0.4 is 20.3 Å². The molecule has 152 valence electrons. The van der Waals surface area contributed by atoms with Crippen LogP contribution in [0.1, 0.15) is 25.2 Å². The lowest BCUT2D eigenvalue weighted by Gasteiger charge is -2.21. The van der Waals surface area contributed by atoms with Gasteiger partial charge < -0.3 is 20.3 Å². The van der Waals surface area contributed by atoms with Crippen molar-refractivity contribution in [3.63, 3.8) is 0 Å². The van der Waals surface area contributed by atoms with Crippen molar-refractivity contribution in [3.8, 4) is 5.75 Å². The summed E-state index contributed by atoms with van der Waals surface area (Å²) in [5, 5.41) is 6.74. The number of hydrogen-bond acceptors (Lipinski definition) is 6. The van der Waals surface area contributed by atoms with E-state index in [0.717, 1.165) is 41.7 Å². The summed E-state index contributed by atoms with van der Waals surface area (Å²) in [6, 6.07) is 18.3. The molecule has 6 nitrogen and oxygen atoms in total. The summed E-state index contributed by atoms with van der Waals surface area (Å²) in [4.78, 5) is 11.3. The van der Waals surface area contributed by atoms with Crippen LogP contribution in [0.25, 0.3) is 0 Å². The number of aromatic nitrogens is 2. The molecule has 0 fully saturated rings. The Morgan fingerprint density at radius 1 is 0.897 bits per heavy atom. The number of hydrogen-bond donors (Lipinski definition) is 2. The minimum absolute atomic E-state index is 0.679. The summed E-state index contributed by atoms with van der Waals surface area (Å²) in [5.74, 6) is 3.12. The van der Waals surface area contributed by atoms with Crippen molar-refractivity contribution in [2.24, 2.45) is 0 Å². The number of anilines is 4. The lowest BCUT2D eigenvalue weighted by atomic mass is 10.2. The highest BCUT2D eigenvalue weighted by molar-refractivity contribution is 5.62. The molecule has 0 amide bonds. The van der Waals surface area contributed by atoms with E-state index in [9.17, 15) is 0 Å². The smallest absolute Gasteiger partial charge is 0.136 e. The third kappa shape index (κ3) is 5.60. The number of nitrogens with one attached hydrogen (secondary N) is 2. The molecule has 3 rings (SSSR count). The van der Waals surface area contributed by atoms with Gasteiger partial charge in [0.1, 0.15) is 23.2 Å². The Balaban J connectivity index is 1.66. The van der Waals surface area contributed by atoms with Gasteiger partial charge in [-0.2, -0.15) is 0 Å². The van der Waals surface area contributed by atoms with Crippen LogP contribution >= 0.6 is 0 Å². The molecule has 0 saturated carbocycles. The van der Waals surface area contributed by atoms with Crippen molar-refractivity contribution in [1.29, 1.82) is 0 Å². The van der Waals surface area contributed by atoms with Crippen molar-refractivity contribution in [2.45, 2.75) is 27.3 Å². The average Bonchev–Trinajstić information content (AvgIpc) is 2.74. The minimum atomic E-state index is 0.679. The zero-order valence-corrected chi connectivity index (χ0v) is 17.6. The minimum Gasteiger partial charge on any atom is -0.497 e. The van der Waals surface area contributed by atoms with Gasteiger partial charge in [0.25, 0.3) is 0 Å². The number of ether oxygens (including phenoxy) is 1. The van der Waals surface area contributed by atoms with Crippen molar-refractivity contribution in [2.75, 3.05) is 35.7 Å². The van der Waals surface area contributed by atoms with Crippen LogP contribution in [0.4, 0.5) is 23.0 Å². The topological polar surface area (TPSA) is 62.3 Å². The number of nitrogens with zero attached hydrogens (tertiary/aromatic N) is 3. The van der Waals surface area contributed by atoms with Crippen LogP contribution in [0.15, 0.2) is 54.6 Å². The van der Waals surface area contributed by atoms with Gasteiger partial charge in [0.05, 0.1) is 7.11 Å². The van der Waals surface area contributed by atoms with Crippen LogP contribution in [0.3, 0.4) is 0 Å². The van der Waals surface area contributed by atoms with E-state index in [-0.39, 0.29) is 0 Å². The van der Waals surface area contributed by atoms with E-state index in [1.54, 1.807) is 7.11 Å². The molecule has 2 N–H and O–H groups in total. The zero-order chi connectivity index (χ0) is 20.6. The lowest BCUT2D eigenvalue weighted by molar-refractivity contribution is 0.414. The largest absolute Gasteiger partial charge is 0.497 e. The van der Waals surface area contributed by atoms with E-state index in [2.05, 4.69) is 63.6 Å². The Labute approximate surface area is 173 Å². The maximum atomic E-state index is 5.20. The van der Waals surface area contributed by atoms with Gasteiger partial charge in [-0.3, -0.25) is 0 Å². The Bertz CT molecular complexity index is 906. The molecule has 0 aliphatic carbocycles. The summed E-state index contributed by atoms with van der Waals surface area (Å²) < 4.78 is 5.20. The van der Waals surface area contributed by atoms with Gasteiger partial charge in [0, 0.05) is 37.1 Å². The monoisotopic (exact) mass is 391 g/mol. The van der Waals surface area contributed by atoms with E-state index >= 15 is 0 Å². The molecule has 29 heavy (non-hydrogen) atoms. The van der Waals surface area contributed by atoms with Crippen molar-refractivity contribution in [1.82, 2.24) is 9.97 Å². The molecule has 6 heteroatoms. The molecule has 0 spiro atoms. The quantitative estimate of drug-likeness (QED) is 0.535. The van der Waals surface area contributed by atoms with Gasteiger partial charge in [0.2, 0.25) is 0 Å². The van der Waals surface area contributed by atoms with Gasteiger partial charge in [-0.15, -0.1) is 0 Å². The van der Waals surface area contributed by atoms with E-state index in [4.69, 9.17) is 4.74 Å². The molecule has 0 atom stereocenters. The predicted molar refractivity (Wildman–Crippen MR) is 120 cm³/mol. The highest BCUT2D eigenvalue weighted by Crippen LogP contribution is 2.22. The standard InChI is InChI=1S/C23H29N5O/c1-5-28(6-2)20-11-9-19(10-12-20)27-23-15-22(25-17(3)26-23)24-16-18-7-13-21(29-4)14-8-18/h7-15H,5-6,16H2,1-4H3,(H2,24,25,26,27). The zero-order valence-electron chi connectivity index (χ0n) is 17.6. The van der Waals surface area contributed by atoms with Crippen LogP contribution in [0, 0.1) is 6.92 Å². The molecule has 3 aromatic rings. The van der Waals surface area contributed by atoms with E-state index in [1.807, 2.05) is 37.3 Å². The van der Waals surface area contributed by atoms with E-state index in [1.165, 1.54) is 5.69 Å². The van der Waals surface area contributed by atoms with Crippen molar-refractivity contribution >= 4 is 23.0 Å². The normalized spacial score (nSPS) is 10.5. The van der Waals surface area contributed by atoms with Crippen LogP contribution in [-0.4, -0.2) is 30.2 Å². The number of benzene rings is 2. The fraction of sp³-hybridized carbons (Fsp3) is 0.304. The van der Waals surface area contributed by atoms with Crippen molar-refractivity contribution < 1.29 is 4.74 Å². The second kappa shape index (κ2) is 9.78. The van der Waals surface area contributed by atoms with Gasteiger partial charge in [-0.05, 0) is 62.7 Å². The first-order chi connectivity index (χ1) is 14.1. The van der Waals surface area contributed by atoms with Gasteiger partial charge in [-0.1, -0.05) is 12.1 Å². The summed E-state index contributed by atoms with van der Waals surface area (Å²) >= 11 is 0. The van der Waals surface area contributed by atoms with Crippen LogP contribution in [0.5, 0.6) is 5.75 Å². The first kappa shape index (κ1) is 20.5. The molecule has 0 aliphatic heterocycles. The predicted octanol–water partition coefficient (Wildman–Crippen LogP) is 5.00. The molecular weight excluding hydrogens is 362 g/mol. The molecule has 2 aromatic carbocycles. The molecular formula is C23H29N5O. The van der Waals surface area contributed by atoms with Crippen LogP contribution in [-0.2, 0) is 6.54 Å². The molecule has 1 heterocycles. The van der Waals surface area contributed by atoms with Gasteiger partial charge >= 0.3 is 0 Å². The maximum Gasteiger partial charge on any atom is 0.136 e. The summed E-state index contributed by atoms with van der Waals surface area (Å²) in [6.45, 7) is 8.90. The fourth-order valence-electron chi connectivity index (χ4n) is 3.15. The second-order valence-corrected chi connectivity index (χ2v) is 6.73. The number of methoxy groups -OCH3 is 1. The fourth-order valence-corrected chi connectivity index (χ4v) is 3.15. The Kier molecular flexibility index (Phi) is 6.89. The van der Waals surface area contributed by atoms with Crippen molar-refractivity contribution in [3.05, 3.63) is 66.0 Å². The number of aryl methyl sites for hydroxylation is 1. The van der Waals surface area contributed by atoms with E-state index < -0.39 is 0 Å². The molecule has 0 saturated heterocycles.